The maximum Gasteiger partial charge on any atom is 0.195 e. The number of benzene rings is 1. The fourth-order valence-electron chi connectivity index (χ4n) is 1.66. The quantitative estimate of drug-likeness (QED) is 0.777. The molecule has 2 rings (SSSR count). The fraction of sp³-hybridized carbons (Fsp3) is 0.385. The van der Waals surface area contributed by atoms with Gasteiger partial charge in [-0.2, -0.15) is 0 Å². The molecule has 2 aromatic rings. The first-order valence-electron chi connectivity index (χ1n) is 5.95. The summed E-state index contributed by atoms with van der Waals surface area (Å²) < 4.78 is 7.24. The van der Waals surface area contributed by atoms with Crippen LogP contribution in [0.5, 0.6) is 5.75 Å². The molecule has 0 amide bonds. The molecule has 0 saturated carbocycles. The Hall–Kier alpha value is -1.49. The SMILES string of the molecule is CCCSc1nnc(C)n1-c1ccc(OC)cc1. The summed E-state index contributed by atoms with van der Waals surface area (Å²) in [5.74, 6) is 2.81. The highest BCUT2D eigenvalue weighted by atomic mass is 32.2. The predicted molar refractivity (Wildman–Crippen MR) is 73.7 cm³/mol. The summed E-state index contributed by atoms with van der Waals surface area (Å²) in [6, 6.07) is 7.93. The molecular weight excluding hydrogens is 246 g/mol. The van der Waals surface area contributed by atoms with Crippen LogP contribution < -0.4 is 4.74 Å². The van der Waals surface area contributed by atoms with Crippen LogP contribution in [0.3, 0.4) is 0 Å². The third-order valence-corrected chi connectivity index (χ3v) is 3.70. The molecule has 1 heterocycles. The highest BCUT2D eigenvalue weighted by Crippen LogP contribution is 2.23. The predicted octanol–water partition coefficient (Wildman–Crippen LogP) is 3.09. The molecule has 0 saturated heterocycles. The van der Waals surface area contributed by atoms with Crippen molar-refractivity contribution in [2.75, 3.05) is 12.9 Å². The lowest BCUT2D eigenvalue weighted by Gasteiger charge is -2.08. The lowest BCUT2D eigenvalue weighted by Crippen LogP contribution is -1.99. The summed E-state index contributed by atoms with van der Waals surface area (Å²) in [4.78, 5) is 0. The first kappa shape index (κ1) is 13.0. The van der Waals surface area contributed by atoms with Gasteiger partial charge < -0.3 is 4.74 Å². The van der Waals surface area contributed by atoms with Gasteiger partial charge in [0.15, 0.2) is 5.16 Å². The van der Waals surface area contributed by atoms with E-state index in [1.54, 1.807) is 18.9 Å². The summed E-state index contributed by atoms with van der Waals surface area (Å²) in [5, 5.41) is 9.31. The standard InChI is InChI=1S/C13H17N3OS/c1-4-9-18-13-15-14-10(2)16(13)11-5-7-12(17-3)8-6-11/h5-8H,4,9H2,1-3H3. The summed E-state index contributed by atoms with van der Waals surface area (Å²) in [5.41, 5.74) is 1.07. The van der Waals surface area contributed by atoms with Crippen LogP contribution in [0.1, 0.15) is 19.2 Å². The van der Waals surface area contributed by atoms with Crippen LogP contribution in [0.4, 0.5) is 0 Å². The summed E-state index contributed by atoms with van der Waals surface area (Å²) >= 11 is 1.73. The van der Waals surface area contributed by atoms with Gasteiger partial charge in [0.2, 0.25) is 0 Å². The van der Waals surface area contributed by atoms with E-state index < -0.39 is 0 Å². The highest BCUT2D eigenvalue weighted by Gasteiger charge is 2.10. The molecule has 0 unspecified atom stereocenters. The van der Waals surface area contributed by atoms with Crippen LogP contribution in [0, 0.1) is 6.92 Å². The Morgan fingerprint density at radius 1 is 1.22 bits per heavy atom. The fourth-order valence-corrected chi connectivity index (χ4v) is 2.51. The normalized spacial score (nSPS) is 10.6. The number of hydrogen-bond donors (Lipinski definition) is 0. The minimum absolute atomic E-state index is 0.854. The lowest BCUT2D eigenvalue weighted by atomic mass is 10.3. The van der Waals surface area contributed by atoms with E-state index in [-0.39, 0.29) is 0 Å². The Labute approximate surface area is 111 Å². The number of rotatable bonds is 5. The second kappa shape index (κ2) is 5.91. The molecule has 0 aliphatic carbocycles. The minimum Gasteiger partial charge on any atom is -0.497 e. The molecule has 5 heteroatoms. The maximum absolute atomic E-state index is 5.17. The molecule has 18 heavy (non-hydrogen) atoms. The van der Waals surface area contributed by atoms with Crippen LogP contribution in [-0.2, 0) is 0 Å². The smallest absolute Gasteiger partial charge is 0.195 e. The van der Waals surface area contributed by atoms with Crippen molar-refractivity contribution in [1.29, 1.82) is 0 Å². The molecule has 96 valence electrons. The third-order valence-electron chi connectivity index (χ3n) is 2.56. The molecule has 0 aliphatic heterocycles. The molecule has 0 spiro atoms. The third kappa shape index (κ3) is 2.67. The number of thioether (sulfide) groups is 1. The topological polar surface area (TPSA) is 39.9 Å². The van der Waals surface area contributed by atoms with Gasteiger partial charge in [-0.3, -0.25) is 4.57 Å². The van der Waals surface area contributed by atoms with Gasteiger partial charge in [-0.1, -0.05) is 18.7 Å². The first-order valence-corrected chi connectivity index (χ1v) is 6.94. The number of hydrogen-bond acceptors (Lipinski definition) is 4. The van der Waals surface area contributed by atoms with Crippen molar-refractivity contribution in [3.63, 3.8) is 0 Å². The molecular formula is C13H17N3OS. The van der Waals surface area contributed by atoms with Crippen LogP contribution in [0.25, 0.3) is 5.69 Å². The number of aryl methyl sites for hydroxylation is 1. The molecule has 0 bridgehead atoms. The number of ether oxygens (including phenoxy) is 1. The van der Waals surface area contributed by atoms with Crippen LogP contribution >= 0.6 is 11.8 Å². The van der Waals surface area contributed by atoms with Gasteiger partial charge >= 0.3 is 0 Å². The second-order valence-corrected chi connectivity index (χ2v) is 4.97. The Kier molecular flexibility index (Phi) is 4.25. The van der Waals surface area contributed by atoms with Crippen molar-refractivity contribution >= 4 is 11.8 Å². The zero-order chi connectivity index (χ0) is 13.0. The van der Waals surface area contributed by atoms with Gasteiger partial charge in [-0.25, -0.2) is 0 Å². The Morgan fingerprint density at radius 3 is 2.56 bits per heavy atom. The van der Waals surface area contributed by atoms with E-state index in [0.717, 1.165) is 34.6 Å². The van der Waals surface area contributed by atoms with Gasteiger partial charge in [0.25, 0.3) is 0 Å². The van der Waals surface area contributed by atoms with E-state index in [1.807, 2.05) is 31.2 Å². The highest BCUT2D eigenvalue weighted by molar-refractivity contribution is 7.99. The van der Waals surface area contributed by atoms with Crippen LogP contribution in [-0.4, -0.2) is 27.6 Å². The van der Waals surface area contributed by atoms with Crippen molar-refractivity contribution in [2.45, 2.75) is 25.4 Å². The molecule has 0 N–H and O–H groups in total. The van der Waals surface area contributed by atoms with E-state index in [1.165, 1.54) is 0 Å². The molecule has 0 fully saturated rings. The van der Waals surface area contributed by atoms with Crippen molar-refractivity contribution < 1.29 is 4.74 Å². The summed E-state index contributed by atoms with van der Waals surface area (Å²) in [7, 11) is 1.67. The van der Waals surface area contributed by atoms with E-state index in [4.69, 9.17) is 4.74 Å². The van der Waals surface area contributed by atoms with Crippen molar-refractivity contribution in [3.8, 4) is 11.4 Å². The Morgan fingerprint density at radius 2 is 1.94 bits per heavy atom. The molecule has 4 nitrogen and oxygen atoms in total. The van der Waals surface area contributed by atoms with Gasteiger partial charge in [0.05, 0.1) is 7.11 Å². The molecule has 0 radical (unpaired) electrons. The van der Waals surface area contributed by atoms with E-state index in [9.17, 15) is 0 Å². The van der Waals surface area contributed by atoms with Crippen molar-refractivity contribution in [3.05, 3.63) is 30.1 Å². The Balaban J connectivity index is 2.32. The van der Waals surface area contributed by atoms with Gasteiger partial charge in [-0.05, 0) is 37.6 Å². The monoisotopic (exact) mass is 263 g/mol. The largest absolute Gasteiger partial charge is 0.497 e. The second-order valence-electron chi connectivity index (χ2n) is 3.91. The van der Waals surface area contributed by atoms with Crippen molar-refractivity contribution in [2.24, 2.45) is 0 Å². The van der Waals surface area contributed by atoms with Crippen molar-refractivity contribution in [1.82, 2.24) is 14.8 Å². The zero-order valence-electron chi connectivity index (χ0n) is 10.9. The number of nitrogens with zero attached hydrogens (tertiary/aromatic N) is 3. The first-order chi connectivity index (χ1) is 8.76. The van der Waals surface area contributed by atoms with Gasteiger partial charge in [-0.15, -0.1) is 10.2 Å². The summed E-state index contributed by atoms with van der Waals surface area (Å²) in [6.45, 7) is 4.13. The maximum atomic E-state index is 5.17. The van der Waals surface area contributed by atoms with Crippen LogP contribution in [0.2, 0.25) is 0 Å². The van der Waals surface area contributed by atoms with E-state index in [0.29, 0.717) is 0 Å². The van der Waals surface area contributed by atoms with E-state index >= 15 is 0 Å². The molecule has 0 atom stereocenters. The lowest BCUT2D eigenvalue weighted by molar-refractivity contribution is 0.414. The average molecular weight is 263 g/mol. The minimum atomic E-state index is 0.854. The average Bonchev–Trinajstić information content (AvgIpc) is 2.77. The van der Waals surface area contributed by atoms with E-state index in [2.05, 4.69) is 21.7 Å². The molecule has 1 aromatic heterocycles. The van der Waals surface area contributed by atoms with Crippen LogP contribution in [0.15, 0.2) is 29.4 Å². The van der Waals surface area contributed by atoms with Gasteiger partial charge in [0, 0.05) is 11.4 Å². The van der Waals surface area contributed by atoms with Gasteiger partial charge in [0.1, 0.15) is 11.6 Å². The molecule has 0 aliphatic rings. The Bertz CT molecular complexity index is 507. The zero-order valence-corrected chi connectivity index (χ0v) is 11.7. The number of methoxy groups -OCH3 is 1. The summed E-state index contributed by atoms with van der Waals surface area (Å²) in [6.07, 6.45) is 1.12. The number of aromatic nitrogens is 3. The molecule has 1 aromatic carbocycles.